The fraction of sp³-hybridized carbons (Fsp3) is 0.240. The summed E-state index contributed by atoms with van der Waals surface area (Å²) in [5.41, 5.74) is 0.405. The van der Waals surface area contributed by atoms with Gasteiger partial charge in [0.2, 0.25) is 0 Å². The van der Waals surface area contributed by atoms with E-state index in [1.165, 1.54) is 17.8 Å². The Morgan fingerprint density at radius 3 is 2.57 bits per heavy atom. The van der Waals surface area contributed by atoms with Gasteiger partial charge in [0.1, 0.15) is 0 Å². The van der Waals surface area contributed by atoms with Crippen molar-refractivity contribution in [2.75, 3.05) is 7.11 Å². The molecule has 192 valence electrons. The Kier molecular flexibility index (Phi) is 7.19. The largest absolute Gasteiger partial charge is 0.504 e. The molecule has 0 aliphatic carbocycles. The Balaban J connectivity index is 1.98. The van der Waals surface area contributed by atoms with Crippen LogP contribution in [0.2, 0.25) is 5.02 Å². The number of phenols is 1. The van der Waals surface area contributed by atoms with Gasteiger partial charge in [0, 0.05) is 16.7 Å². The first-order chi connectivity index (χ1) is 17.5. The molecule has 0 amide bonds. The highest BCUT2D eigenvalue weighted by Gasteiger charge is 2.33. The van der Waals surface area contributed by atoms with Crippen LogP contribution in [-0.4, -0.2) is 33.8 Å². The maximum absolute atomic E-state index is 13.7. The number of nitrogens with zero attached hydrogens (tertiary/aromatic N) is 3. The standard InChI is InChI=1S/C25H22ClN3O7S/c1-12(2)36-24(32)20-13(3)27-25-28(21(20)14-5-7-16(26)8-6-14)23(31)19(37-25)10-15-9-17(29(33)34)11-18(35-4)22(15)30/h5-12,21,30H,1-4H3/b19-10+/t21-/m0/s1. The minimum Gasteiger partial charge on any atom is -0.504 e. The van der Waals surface area contributed by atoms with Crippen molar-refractivity contribution in [3.8, 4) is 11.5 Å². The van der Waals surface area contributed by atoms with E-state index in [9.17, 15) is 24.8 Å². The number of nitro groups is 1. The lowest BCUT2D eigenvalue weighted by Gasteiger charge is -2.25. The molecule has 2 aromatic carbocycles. The third-order valence-electron chi connectivity index (χ3n) is 5.58. The molecule has 4 rings (SSSR count). The summed E-state index contributed by atoms with van der Waals surface area (Å²) in [7, 11) is 1.27. The number of hydrogen-bond donors (Lipinski definition) is 1. The summed E-state index contributed by atoms with van der Waals surface area (Å²) in [6.07, 6.45) is 0.939. The fourth-order valence-electron chi connectivity index (χ4n) is 3.95. The normalized spacial score (nSPS) is 15.4. The highest BCUT2D eigenvalue weighted by Crippen LogP contribution is 2.35. The van der Waals surface area contributed by atoms with Crippen molar-refractivity contribution in [2.24, 2.45) is 4.99 Å². The van der Waals surface area contributed by atoms with Gasteiger partial charge < -0.3 is 14.6 Å². The molecular weight excluding hydrogens is 522 g/mol. The van der Waals surface area contributed by atoms with Gasteiger partial charge in [-0.1, -0.05) is 35.1 Å². The van der Waals surface area contributed by atoms with Gasteiger partial charge in [-0.05, 0) is 44.5 Å². The lowest BCUT2D eigenvalue weighted by Crippen LogP contribution is -2.40. The summed E-state index contributed by atoms with van der Waals surface area (Å²) in [4.78, 5) is 42.3. The zero-order valence-corrected chi connectivity index (χ0v) is 21.8. The number of carbonyl (C=O) groups is 1. The average molecular weight is 544 g/mol. The number of carbonyl (C=O) groups excluding carboxylic acids is 1. The fourth-order valence-corrected chi connectivity index (χ4v) is 5.11. The van der Waals surface area contributed by atoms with E-state index in [-0.39, 0.29) is 32.9 Å². The lowest BCUT2D eigenvalue weighted by atomic mass is 9.96. The monoisotopic (exact) mass is 543 g/mol. The van der Waals surface area contributed by atoms with E-state index in [0.717, 1.165) is 23.5 Å². The van der Waals surface area contributed by atoms with Crippen LogP contribution in [0, 0.1) is 10.1 Å². The molecule has 12 heteroatoms. The SMILES string of the molecule is COc1cc([N+](=O)[O-])cc(/C=c2/sc3n(c2=O)[C@@H](c2ccc(Cl)cc2)C(C(=O)OC(C)C)=C(C)N=3)c1O. The molecule has 0 saturated heterocycles. The molecule has 0 spiro atoms. The number of aromatic nitrogens is 1. The number of rotatable bonds is 6. The van der Waals surface area contributed by atoms with E-state index in [1.807, 2.05) is 0 Å². The number of non-ortho nitro benzene ring substituents is 1. The molecule has 0 saturated carbocycles. The van der Waals surface area contributed by atoms with Crippen molar-refractivity contribution >= 4 is 40.7 Å². The van der Waals surface area contributed by atoms with Gasteiger partial charge in [-0.3, -0.25) is 19.5 Å². The van der Waals surface area contributed by atoms with Crippen LogP contribution >= 0.6 is 22.9 Å². The van der Waals surface area contributed by atoms with Gasteiger partial charge >= 0.3 is 5.97 Å². The van der Waals surface area contributed by atoms with Crippen molar-refractivity contribution < 1.29 is 24.3 Å². The van der Waals surface area contributed by atoms with E-state index >= 15 is 0 Å². The third kappa shape index (κ3) is 5.00. The number of ether oxygens (including phenoxy) is 2. The van der Waals surface area contributed by atoms with Gasteiger partial charge in [-0.15, -0.1) is 0 Å². The Bertz CT molecular complexity index is 1620. The minimum absolute atomic E-state index is 0.0227. The average Bonchev–Trinajstić information content (AvgIpc) is 3.13. The first-order valence-corrected chi connectivity index (χ1v) is 12.3. The van der Waals surface area contributed by atoms with Gasteiger partial charge in [0.25, 0.3) is 11.2 Å². The molecule has 2 heterocycles. The van der Waals surface area contributed by atoms with Crippen LogP contribution in [-0.2, 0) is 9.53 Å². The predicted molar refractivity (Wildman–Crippen MR) is 138 cm³/mol. The molecule has 1 aromatic heterocycles. The number of thiazole rings is 1. The van der Waals surface area contributed by atoms with E-state index in [1.54, 1.807) is 45.0 Å². The molecule has 0 bridgehead atoms. The van der Waals surface area contributed by atoms with Crippen molar-refractivity contribution in [1.82, 2.24) is 4.57 Å². The number of esters is 1. The second-order valence-corrected chi connectivity index (χ2v) is 9.88. The highest BCUT2D eigenvalue weighted by atomic mass is 35.5. The summed E-state index contributed by atoms with van der Waals surface area (Å²) in [6.45, 7) is 5.11. The van der Waals surface area contributed by atoms with Crippen LogP contribution in [0.4, 0.5) is 5.69 Å². The Hall–Kier alpha value is -3.96. The number of allylic oxidation sites excluding steroid dienone is 1. The number of fused-ring (bicyclic) bond motifs is 1. The summed E-state index contributed by atoms with van der Waals surface area (Å²) in [5, 5.41) is 22.4. The Morgan fingerprint density at radius 1 is 1.30 bits per heavy atom. The van der Waals surface area contributed by atoms with E-state index in [2.05, 4.69) is 4.99 Å². The Morgan fingerprint density at radius 2 is 1.97 bits per heavy atom. The van der Waals surface area contributed by atoms with Crippen molar-refractivity contribution in [2.45, 2.75) is 32.9 Å². The maximum atomic E-state index is 13.7. The van der Waals surface area contributed by atoms with E-state index in [4.69, 9.17) is 21.1 Å². The summed E-state index contributed by atoms with van der Waals surface area (Å²) in [6, 6.07) is 8.11. The molecule has 10 nitrogen and oxygen atoms in total. The number of phenolic OH excluding ortho intramolecular Hbond substituents is 1. The highest BCUT2D eigenvalue weighted by molar-refractivity contribution is 7.07. The minimum atomic E-state index is -0.852. The lowest BCUT2D eigenvalue weighted by molar-refractivity contribution is -0.385. The molecule has 1 aliphatic heterocycles. The van der Waals surface area contributed by atoms with Crippen LogP contribution in [0.25, 0.3) is 6.08 Å². The zero-order chi connectivity index (χ0) is 27.0. The zero-order valence-electron chi connectivity index (χ0n) is 20.2. The quantitative estimate of drug-likeness (QED) is 0.286. The summed E-state index contributed by atoms with van der Waals surface area (Å²) in [5.74, 6) is -1.07. The topological polar surface area (TPSA) is 133 Å². The van der Waals surface area contributed by atoms with Crippen LogP contribution in [0.1, 0.15) is 37.9 Å². The molecule has 1 aliphatic rings. The van der Waals surface area contributed by atoms with Crippen LogP contribution in [0.3, 0.4) is 0 Å². The van der Waals surface area contributed by atoms with Gasteiger partial charge in [-0.2, -0.15) is 0 Å². The summed E-state index contributed by atoms with van der Waals surface area (Å²) >= 11 is 7.09. The molecule has 0 unspecified atom stereocenters. The number of benzene rings is 2. The van der Waals surface area contributed by atoms with Crippen LogP contribution in [0.15, 0.2) is 57.5 Å². The number of halogens is 1. The number of aromatic hydroxyl groups is 1. The number of hydrogen-bond acceptors (Lipinski definition) is 9. The van der Waals surface area contributed by atoms with Crippen LogP contribution in [0.5, 0.6) is 11.5 Å². The van der Waals surface area contributed by atoms with E-state index in [0.29, 0.717) is 21.1 Å². The molecule has 37 heavy (non-hydrogen) atoms. The number of nitro benzene ring substituents is 1. The third-order valence-corrected chi connectivity index (χ3v) is 6.81. The molecule has 3 aromatic rings. The first-order valence-electron chi connectivity index (χ1n) is 11.1. The van der Waals surface area contributed by atoms with Gasteiger partial charge in [0.05, 0.1) is 46.0 Å². The smallest absolute Gasteiger partial charge is 0.338 e. The number of methoxy groups -OCH3 is 1. The van der Waals surface area contributed by atoms with Crippen LogP contribution < -0.4 is 19.6 Å². The molecule has 0 radical (unpaired) electrons. The molecule has 0 fully saturated rings. The van der Waals surface area contributed by atoms with Gasteiger partial charge in [0.15, 0.2) is 16.3 Å². The van der Waals surface area contributed by atoms with Crippen molar-refractivity contribution in [3.63, 3.8) is 0 Å². The second-order valence-electron chi connectivity index (χ2n) is 8.43. The predicted octanol–water partition coefficient (Wildman–Crippen LogP) is 3.46. The molecule has 1 atom stereocenters. The van der Waals surface area contributed by atoms with E-state index < -0.39 is 28.6 Å². The molecule has 1 N–H and O–H groups in total. The van der Waals surface area contributed by atoms with Gasteiger partial charge in [-0.25, -0.2) is 9.79 Å². The van der Waals surface area contributed by atoms with Crippen molar-refractivity contribution in [1.29, 1.82) is 0 Å². The summed E-state index contributed by atoms with van der Waals surface area (Å²) < 4.78 is 12.0. The van der Waals surface area contributed by atoms with Crippen molar-refractivity contribution in [3.05, 3.63) is 93.6 Å². The molecular formula is C25H22ClN3O7S. The maximum Gasteiger partial charge on any atom is 0.338 e. The Labute approximate surface area is 219 Å². The first kappa shape index (κ1) is 26.1. The second kappa shape index (κ2) is 10.2.